The molecule has 0 spiro atoms. The van der Waals surface area contributed by atoms with Crippen molar-refractivity contribution in [2.24, 2.45) is 5.92 Å². The van der Waals surface area contributed by atoms with E-state index in [4.69, 9.17) is 9.53 Å². The summed E-state index contributed by atoms with van der Waals surface area (Å²) < 4.78 is 43.8. The first-order valence-electron chi connectivity index (χ1n) is 10.5. The Balaban J connectivity index is 2.73. The lowest BCUT2D eigenvalue weighted by Gasteiger charge is -2.39. The van der Waals surface area contributed by atoms with Crippen LogP contribution in [0.4, 0.5) is 13.2 Å². The van der Waals surface area contributed by atoms with E-state index in [0.29, 0.717) is 32.1 Å². The molecular formula is C21H37F3O4Si. The Bertz CT molecular complexity index is 567. The number of carbonyl (C=O) groups is 1. The minimum Gasteiger partial charge on any atom is -0.481 e. The molecule has 3 atom stereocenters. The van der Waals surface area contributed by atoms with E-state index >= 15 is 0 Å². The van der Waals surface area contributed by atoms with Crippen molar-refractivity contribution in [3.8, 4) is 0 Å². The van der Waals surface area contributed by atoms with Gasteiger partial charge >= 0.3 is 12.1 Å². The van der Waals surface area contributed by atoms with E-state index in [2.05, 4.69) is 33.9 Å². The third-order valence-corrected chi connectivity index (χ3v) is 10.8. The highest BCUT2D eigenvalue weighted by molar-refractivity contribution is 6.74. The fourth-order valence-electron chi connectivity index (χ4n) is 3.46. The molecule has 170 valence electrons. The molecule has 0 saturated carbocycles. The summed E-state index contributed by atoms with van der Waals surface area (Å²) in [6, 6.07) is 0. The summed E-state index contributed by atoms with van der Waals surface area (Å²) >= 11 is 0. The number of aliphatic hydroxyl groups excluding tert-OH is 1. The van der Waals surface area contributed by atoms with Gasteiger partial charge in [0, 0.05) is 18.4 Å². The first-order valence-corrected chi connectivity index (χ1v) is 13.4. The molecule has 0 saturated heterocycles. The topological polar surface area (TPSA) is 66.8 Å². The van der Waals surface area contributed by atoms with Crippen molar-refractivity contribution in [3.05, 3.63) is 11.6 Å². The molecule has 1 aliphatic rings. The summed E-state index contributed by atoms with van der Waals surface area (Å²) in [6.07, 6.45) is -1.17. The van der Waals surface area contributed by atoms with E-state index < -0.39 is 33.0 Å². The van der Waals surface area contributed by atoms with Gasteiger partial charge < -0.3 is 14.6 Å². The SMILES string of the molecule is CC(C)(C)[Si](C)(C)OC(CCCCC(F)(F)F)CCC1=CCC(O)C1CC(=O)O. The van der Waals surface area contributed by atoms with Gasteiger partial charge in [0.2, 0.25) is 0 Å². The Morgan fingerprint density at radius 3 is 2.38 bits per heavy atom. The lowest BCUT2D eigenvalue weighted by atomic mass is 9.91. The Morgan fingerprint density at radius 1 is 1.24 bits per heavy atom. The van der Waals surface area contributed by atoms with Crippen molar-refractivity contribution >= 4 is 14.3 Å². The second-order valence-electron chi connectivity index (χ2n) is 9.69. The van der Waals surface area contributed by atoms with E-state index in [-0.39, 0.29) is 29.9 Å². The first kappa shape index (κ1) is 26.2. The molecule has 1 aliphatic carbocycles. The molecule has 0 fully saturated rings. The van der Waals surface area contributed by atoms with E-state index in [1.165, 1.54) is 0 Å². The van der Waals surface area contributed by atoms with Crippen molar-refractivity contribution in [3.63, 3.8) is 0 Å². The summed E-state index contributed by atoms with van der Waals surface area (Å²) in [4.78, 5) is 11.1. The molecule has 0 radical (unpaired) electrons. The molecule has 0 heterocycles. The number of aliphatic hydroxyl groups is 1. The molecule has 3 unspecified atom stereocenters. The summed E-state index contributed by atoms with van der Waals surface area (Å²) in [5.74, 6) is -1.32. The molecule has 29 heavy (non-hydrogen) atoms. The molecule has 8 heteroatoms. The first-order chi connectivity index (χ1) is 13.1. The number of carboxylic acid groups (broad SMARTS) is 1. The predicted octanol–water partition coefficient (Wildman–Crippen LogP) is 6.06. The Morgan fingerprint density at radius 2 is 1.86 bits per heavy atom. The predicted molar refractivity (Wildman–Crippen MR) is 110 cm³/mol. The molecule has 0 aromatic heterocycles. The number of hydrogen-bond acceptors (Lipinski definition) is 3. The quantitative estimate of drug-likeness (QED) is 0.234. The summed E-state index contributed by atoms with van der Waals surface area (Å²) in [7, 11) is -2.08. The molecular weight excluding hydrogens is 401 g/mol. The molecule has 2 N–H and O–H groups in total. The third kappa shape index (κ3) is 9.21. The number of unbranched alkanes of at least 4 members (excludes halogenated alkanes) is 1. The largest absolute Gasteiger partial charge is 0.481 e. The summed E-state index contributed by atoms with van der Waals surface area (Å²) in [5.41, 5.74) is 0.930. The smallest absolute Gasteiger partial charge is 0.389 e. The van der Waals surface area contributed by atoms with Crippen LogP contribution in [0.2, 0.25) is 18.1 Å². The maximum atomic E-state index is 12.4. The van der Waals surface area contributed by atoms with E-state index in [1.807, 2.05) is 6.08 Å². The Kier molecular flexibility index (Phi) is 9.42. The van der Waals surface area contributed by atoms with Gasteiger partial charge in [-0.05, 0) is 50.2 Å². The van der Waals surface area contributed by atoms with Gasteiger partial charge in [-0.3, -0.25) is 4.79 Å². The van der Waals surface area contributed by atoms with Crippen LogP contribution in [0.15, 0.2) is 11.6 Å². The maximum Gasteiger partial charge on any atom is 0.389 e. The lowest BCUT2D eigenvalue weighted by molar-refractivity contribution is -0.138. The van der Waals surface area contributed by atoms with Crippen LogP contribution in [-0.2, 0) is 9.22 Å². The van der Waals surface area contributed by atoms with Gasteiger partial charge in [-0.25, -0.2) is 0 Å². The standard InChI is InChI=1S/C21H37F3O4Si/c1-20(2,3)29(4,5)28-16(8-6-7-13-21(22,23)24)11-9-15-10-12-18(25)17(15)14-19(26)27/h10,16-18,25H,6-9,11-14H2,1-5H3,(H,26,27). The lowest BCUT2D eigenvalue weighted by Crippen LogP contribution is -2.44. The van der Waals surface area contributed by atoms with Gasteiger partial charge in [-0.1, -0.05) is 38.8 Å². The normalized spacial score (nSPS) is 21.9. The van der Waals surface area contributed by atoms with Crippen molar-refractivity contribution in [1.82, 2.24) is 0 Å². The Labute approximate surface area is 173 Å². The van der Waals surface area contributed by atoms with Crippen LogP contribution in [-0.4, -0.2) is 42.9 Å². The fraction of sp³-hybridized carbons (Fsp3) is 0.857. The second-order valence-corrected chi connectivity index (χ2v) is 14.4. The van der Waals surface area contributed by atoms with Crippen LogP contribution >= 0.6 is 0 Å². The zero-order valence-corrected chi connectivity index (χ0v) is 19.3. The van der Waals surface area contributed by atoms with Crippen LogP contribution in [0.5, 0.6) is 0 Å². The number of rotatable bonds is 11. The molecule has 0 aliphatic heterocycles. The van der Waals surface area contributed by atoms with Gasteiger partial charge in [0.1, 0.15) is 0 Å². The molecule has 4 nitrogen and oxygen atoms in total. The number of halogens is 3. The van der Waals surface area contributed by atoms with Crippen molar-refractivity contribution < 1.29 is 32.6 Å². The second kappa shape index (κ2) is 10.4. The van der Waals surface area contributed by atoms with Crippen molar-refractivity contribution in [2.75, 3.05) is 0 Å². The zero-order valence-electron chi connectivity index (χ0n) is 18.3. The Hall–Kier alpha value is -0.863. The zero-order chi connectivity index (χ0) is 22.5. The average Bonchev–Trinajstić information content (AvgIpc) is 2.86. The van der Waals surface area contributed by atoms with Gasteiger partial charge in [-0.2, -0.15) is 13.2 Å². The number of aliphatic carboxylic acids is 1. The van der Waals surface area contributed by atoms with Crippen molar-refractivity contribution in [1.29, 1.82) is 0 Å². The van der Waals surface area contributed by atoms with Crippen LogP contribution in [0.25, 0.3) is 0 Å². The highest BCUT2D eigenvalue weighted by atomic mass is 28.4. The molecule has 0 aromatic carbocycles. The van der Waals surface area contributed by atoms with Gasteiger partial charge in [0.05, 0.1) is 12.5 Å². The van der Waals surface area contributed by atoms with Gasteiger partial charge in [-0.15, -0.1) is 0 Å². The van der Waals surface area contributed by atoms with Crippen LogP contribution in [0.1, 0.15) is 72.1 Å². The third-order valence-electron chi connectivity index (χ3n) is 6.22. The minimum atomic E-state index is -4.13. The molecule has 1 rings (SSSR count). The molecule has 0 aromatic rings. The monoisotopic (exact) mass is 438 g/mol. The van der Waals surface area contributed by atoms with Gasteiger partial charge in [0.25, 0.3) is 0 Å². The van der Waals surface area contributed by atoms with Crippen LogP contribution < -0.4 is 0 Å². The number of hydrogen-bond donors (Lipinski definition) is 2. The van der Waals surface area contributed by atoms with Gasteiger partial charge in [0.15, 0.2) is 8.32 Å². The summed E-state index contributed by atoms with van der Waals surface area (Å²) in [5, 5.41) is 19.2. The summed E-state index contributed by atoms with van der Waals surface area (Å²) in [6.45, 7) is 10.6. The van der Waals surface area contributed by atoms with Crippen LogP contribution in [0, 0.1) is 5.92 Å². The minimum absolute atomic E-state index is 0.00805. The van der Waals surface area contributed by atoms with E-state index in [0.717, 1.165) is 5.57 Å². The number of alkyl halides is 3. The van der Waals surface area contributed by atoms with E-state index in [9.17, 15) is 23.1 Å². The van der Waals surface area contributed by atoms with Crippen LogP contribution in [0.3, 0.4) is 0 Å². The molecule has 0 amide bonds. The number of carboxylic acids is 1. The van der Waals surface area contributed by atoms with Crippen molar-refractivity contribution in [2.45, 2.75) is 109 Å². The highest BCUT2D eigenvalue weighted by Crippen LogP contribution is 2.39. The fourth-order valence-corrected chi connectivity index (χ4v) is 4.88. The highest BCUT2D eigenvalue weighted by Gasteiger charge is 2.39. The molecule has 0 bridgehead atoms. The maximum absolute atomic E-state index is 12.4. The average molecular weight is 439 g/mol. The van der Waals surface area contributed by atoms with E-state index in [1.54, 1.807) is 0 Å².